The highest BCUT2D eigenvalue weighted by atomic mass is 16.6. The molecule has 0 aliphatic rings. The molecule has 1 atom stereocenters. The number of aliphatic hydroxyl groups excluding tert-OH is 2. The normalized spacial score (nSPS) is 13.9. The molecule has 3 heteroatoms. The molecule has 0 aromatic carbocycles. The summed E-state index contributed by atoms with van der Waals surface area (Å²) in [5.41, 5.74) is 0. The average Bonchev–Trinajstić information content (AvgIpc) is 1.87. The first-order valence-electron chi connectivity index (χ1n) is 4.07. The van der Waals surface area contributed by atoms with Crippen LogP contribution in [-0.4, -0.2) is 29.7 Å². The molecule has 0 aromatic rings. The molecular formula is C8H18O3. The van der Waals surface area contributed by atoms with Gasteiger partial charge >= 0.3 is 0 Å². The van der Waals surface area contributed by atoms with Gasteiger partial charge in [-0.25, -0.2) is 0 Å². The van der Waals surface area contributed by atoms with Crippen molar-refractivity contribution in [3.63, 3.8) is 0 Å². The van der Waals surface area contributed by atoms with E-state index in [4.69, 9.17) is 14.9 Å². The molecular weight excluding hydrogens is 144 g/mol. The number of aliphatic hydroxyl groups is 2. The predicted molar refractivity (Wildman–Crippen MR) is 43.1 cm³/mol. The van der Waals surface area contributed by atoms with E-state index in [-0.39, 0.29) is 6.61 Å². The van der Waals surface area contributed by atoms with Crippen LogP contribution < -0.4 is 0 Å². The van der Waals surface area contributed by atoms with E-state index in [0.717, 1.165) is 6.42 Å². The van der Waals surface area contributed by atoms with Crippen molar-refractivity contribution in [2.24, 2.45) is 5.92 Å². The summed E-state index contributed by atoms with van der Waals surface area (Å²) in [5, 5.41) is 17.4. The molecule has 0 spiro atoms. The van der Waals surface area contributed by atoms with Gasteiger partial charge in [0.15, 0.2) is 6.29 Å². The predicted octanol–water partition coefficient (Wildman–Crippen LogP) is 0.750. The number of hydrogen-bond acceptors (Lipinski definition) is 3. The summed E-state index contributed by atoms with van der Waals surface area (Å²) >= 11 is 0. The van der Waals surface area contributed by atoms with E-state index in [1.54, 1.807) is 0 Å². The van der Waals surface area contributed by atoms with Crippen LogP contribution in [0.3, 0.4) is 0 Å². The van der Waals surface area contributed by atoms with Gasteiger partial charge in [0, 0.05) is 19.6 Å². The molecule has 0 fully saturated rings. The summed E-state index contributed by atoms with van der Waals surface area (Å²) in [6.45, 7) is 4.74. The Kier molecular flexibility index (Phi) is 6.51. The first-order chi connectivity index (χ1) is 5.16. The second-order valence-electron chi connectivity index (χ2n) is 3.02. The van der Waals surface area contributed by atoms with E-state index in [1.165, 1.54) is 0 Å². The van der Waals surface area contributed by atoms with Gasteiger partial charge in [-0.15, -0.1) is 0 Å². The third-order valence-electron chi connectivity index (χ3n) is 1.38. The average molecular weight is 162 g/mol. The van der Waals surface area contributed by atoms with Gasteiger partial charge in [0.25, 0.3) is 0 Å². The monoisotopic (exact) mass is 162 g/mol. The molecule has 0 saturated carbocycles. The Labute approximate surface area is 68.0 Å². The van der Waals surface area contributed by atoms with Gasteiger partial charge in [0.2, 0.25) is 0 Å². The smallest absolute Gasteiger partial charge is 0.156 e. The van der Waals surface area contributed by atoms with E-state index < -0.39 is 6.29 Å². The van der Waals surface area contributed by atoms with Crippen molar-refractivity contribution in [2.75, 3.05) is 13.2 Å². The minimum Gasteiger partial charge on any atom is -0.396 e. The van der Waals surface area contributed by atoms with Gasteiger partial charge < -0.3 is 14.9 Å². The molecule has 0 aliphatic heterocycles. The van der Waals surface area contributed by atoms with E-state index in [2.05, 4.69) is 13.8 Å². The van der Waals surface area contributed by atoms with Crippen LogP contribution in [0.4, 0.5) is 0 Å². The maximum atomic E-state index is 8.98. The number of ether oxygens (including phenoxy) is 1. The molecule has 68 valence electrons. The Morgan fingerprint density at radius 3 is 2.36 bits per heavy atom. The third-order valence-corrected chi connectivity index (χ3v) is 1.38. The molecule has 0 bridgehead atoms. The molecule has 0 aliphatic carbocycles. The lowest BCUT2D eigenvalue weighted by molar-refractivity contribution is -0.111. The fourth-order valence-corrected chi connectivity index (χ4v) is 0.634. The van der Waals surface area contributed by atoms with Crippen LogP contribution in [0.1, 0.15) is 26.7 Å². The summed E-state index contributed by atoms with van der Waals surface area (Å²) in [7, 11) is 0. The molecule has 0 heterocycles. The maximum Gasteiger partial charge on any atom is 0.156 e. The van der Waals surface area contributed by atoms with Crippen LogP contribution in [0, 0.1) is 5.92 Å². The van der Waals surface area contributed by atoms with Gasteiger partial charge in [0.1, 0.15) is 0 Å². The topological polar surface area (TPSA) is 49.7 Å². The molecule has 1 unspecified atom stereocenters. The quantitative estimate of drug-likeness (QED) is 0.567. The zero-order chi connectivity index (χ0) is 8.69. The van der Waals surface area contributed by atoms with Gasteiger partial charge in [-0.05, 0) is 12.3 Å². The molecule has 0 rings (SSSR count). The Bertz CT molecular complexity index is 83.4. The summed E-state index contributed by atoms with van der Waals surface area (Å²) in [5.74, 6) is 0.594. The van der Waals surface area contributed by atoms with Crippen LogP contribution in [0.5, 0.6) is 0 Å². The van der Waals surface area contributed by atoms with Crippen molar-refractivity contribution < 1.29 is 14.9 Å². The number of hydrogen-bond donors (Lipinski definition) is 2. The first kappa shape index (κ1) is 10.9. The standard InChI is InChI=1S/C8H18O3/c1-7(2)4-6-11-8(10)3-5-9/h7-10H,3-6H2,1-2H3. The minimum atomic E-state index is -0.793. The highest BCUT2D eigenvalue weighted by molar-refractivity contribution is 4.44. The van der Waals surface area contributed by atoms with Gasteiger partial charge in [-0.1, -0.05) is 13.8 Å². The van der Waals surface area contributed by atoms with E-state index >= 15 is 0 Å². The summed E-state index contributed by atoms with van der Waals surface area (Å²) < 4.78 is 4.99. The zero-order valence-electron chi connectivity index (χ0n) is 7.29. The lowest BCUT2D eigenvalue weighted by Gasteiger charge is -2.11. The van der Waals surface area contributed by atoms with Crippen molar-refractivity contribution in [3.05, 3.63) is 0 Å². The Morgan fingerprint density at radius 2 is 1.91 bits per heavy atom. The van der Waals surface area contributed by atoms with E-state index in [0.29, 0.717) is 18.9 Å². The molecule has 2 N–H and O–H groups in total. The second-order valence-corrected chi connectivity index (χ2v) is 3.02. The Balaban J connectivity index is 3.10. The van der Waals surface area contributed by atoms with Crippen molar-refractivity contribution in [1.29, 1.82) is 0 Å². The fraction of sp³-hybridized carbons (Fsp3) is 1.00. The molecule has 3 nitrogen and oxygen atoms in total. The molecule has 0 radical (unpaired) electrons. The second kappa shape index (κ2) is 6.58. The lowest BCUT2D eigenvalue weighted by Crippen LogP contribution is -2.15. The van der Waals surface area contributed by atoms with Crippen molar-refractivity contribution in [3.8, 4) is 0 Å². The molecule has 0 saturated heterocycles. The highest BCUT2D eigenvalue weighted by Gasteiger charge is 2.02. The van der Waals surface area contributed by atoms with Crippen LogP contribution in [-0.2, 0) is 4.74 Å². The Hall–Kier alpha value is -0.120. The first-order valence-corrected chi connectivity index (χ1v) is 4.07. The van der Waals surface area contributed by atoms with Crippen molar-refractivity contribution in [2.45, 2.75) is 33.0 Å². The molecule has 0 amide bonds. The summed E-state index contributed by atoms with van der Waals surface area (Å²) in [6, 6.07) is 0. The third kappa shape index (κ3) is 7.78. The van der Waals surface area contributed by atoms with E-state index in [9.17, 15) is 0 Å². The largest absolute Gasteiger partial charge is 0.396 e. The van der Waals surface area contributed by atoms with E-state index in [1.807, 2.05) is 0 Å². The molecule has 0 aromatic heterocycles. The van der Waals surface area contributed by atoms with Gasteiger partial charge in [0.05, 0.1) is 0 Å². The highest BCUT2D eigenvalue weighted by Crippen LogP contribution is 2.01. The fourth-order valence-electron chi connectivity index (χ4n) is 0.634. The van der Waals surface area contributed by atoms with Crippen LogP contribution in [0.15, 0.2) is 0 Å². The maximum absolute atomic E-state index is 8.98. The summed E-state index contributed by atoms with van der Waals surface area (Å²) in [4.78, 5) is 0. The summed E-state index contributed by atoms with van der Waals surface area (Å²) in [6.07, 6.45) is 0.458. The molecule has 11 heavy (non-hydrogen) atoms. The van der Waals surface area contributed by atoms with Crippen LogP contribution in [0.2, 0.25) is 0 Å². The lowest BCUT2D eigenvalue weighted by atomic mass is 10.1. The Morgan fingerprint density at radius 1 is 1.27 bits per heavy atom. The van der Waals surface area contributed by atoms with Gasteiger partial charge in [-0.2, -0.15) is 0 Å². The van der Waals surface area contributed by atoms with Crippen LogP contribution in [0.25, 0.3) is 0 Å². The minimum absolute atomic E-state index is 0.0250. The zero-order valence-corrected chi connectivity index (χ0v) is 7.29. The van der Waals surface area contributed by atoms with Crippen molar-refractivity contribution in [1.82, 2.24) is 0 Å². The number of rotatable bonds is 6. The van der Waals surface area contributed by atoms with Crippen LogP contribution >= 0.6 is 0 Å². The van der Waals surface area contributed by atoms with Crippen molar-refractivity contribution >= 4 is 0 Å². The SMILES string of the molecule is CC(C)CCOC(O)CCO. The van der Waals surface area contributed by atoms with Gasteiger partial charge in [-0.3, -0.25) is 0 Å².